The molecular formula is C32H48O8. The Morgan fingerprint density at radius 2 is 1.55 bits per heavy atom. The first-order valence-corrected chi connectivity index (χ1v) is 15.2. The molecule has 0 aromatic heterocycles. The van der Waals surface area contributed by atoms with E-state index in [1.54, 1.807) is 13.0 Å². The van der Waals surface area contributed by atoms with Gasteiger partial charge < -0.3 is 25.2 Å². The maximum absolute atomic E-state index is 13.1. The lowest BCUT2D eigenvalue weighted by atomic mass is 9.60. The van der Waals surface area contributed by atoms with Crippen molar-refractivity contribution in [2.75, 3.05) is 6.61 Å². The summed E-state index contributed by atoms with van der Waals surface area (Å²) >= 11 is 0. The Kier molecular flexibility index (Phi) is 8.76. The highest BCUT2D eigenvalue weighted by Crippen LogP contribution is 2.76. The molecular weight excluding hydrogens is 512 g/mol. The summed E-state index contributed by atoms with van der Waals surface area (Å²) in [5, 5.41) is 42.8. The van der Waals surface area contributed by atoms with Crippen LogP contribution in [0, 0.1) is 29.1 Å². The monoisotopic (exact) mass is 560 g/mol. The van der Waals surface area contributed by atoms with E-state index in [0.717, 1.165) is 51.4 Å². The second kappa shape index (κ2) is 11.3. The number of carbonyl (C=O) groups excluding carboxylic acids is 2. The molecule has 4 aliphatic rings. The summed E-state index contributed by atoms with van der Waals surface area (Å²) in [6, 6.07) is 0. The number of aliphatic carboxylic acids is 1. The van der Waals surface area contributed by atoms with Crippen molar-refractivity contribution in [3.05, 3.63) is 23.3 Å². The molecule has 8 nitrogen and oxygen atoms in total. The Labute approximate surface area is 237 Å². The number of fused-ring (bicyclic) bond motifs is 5. The lowest BCUT2D eigenvalue weighted by Gasteiger charge is -2.50. The van der Waals surface area contributed by atoms with Crippen LogP contribution in [0.3, 0.4) is 0 Å². The summed E-state index contributed by atoms with van der Waals surface area (Å²) < 4.78 is 6.28. The zero-order valence-electron chi connectivity index (χ0n) is 24.6. The van der Waals surface area contributed by atoms with E-state index in [1.807, 2.05) is 13.0 Å². The molecule has 4 rings (SSSR count). The van der Waals surface area contributed by atoms with Crippen LogP contribution in [0.4, 0.5) is 0 Å². The van der Waals surface area contributed by atoms with E-state index < -0.39 is 45.8 Å². The Morgan fingerprint density at radius 1 is 0.975 bits per heavy atom. The average molecular weight is 561 g/mol. The summed E-state index contributed by atoms with van der Waals surface area (Å²) in [5.41, 5.74) is -3.39. The van der Waals surface area contributed by atoms with E-state index in [1.165, 1.54) is 0 Å². The van der Waals surface area contributed by atoms with E-state index >= 15 is 0 Å². The highest BCUT2D eigenvalue weighted by atomic mass is 16.6. The fourth-order valence-electron chi connectivity index (χ4n) is 8.46. The molecule has 8 heteroatoms. The SMILES string of the molecule is CC1=C[C@H]2[C@@]3(O)[C@H](C)C[C@]4(OC(=O)CCCCCCCCCCC(=O)O)[C@H]([C@@H]3C=C(CO)C[C@]2(O)C1=O)C4(C)C. The van der Waals surface area contributed by atoms with Gasteiger partial charge >= 0.3 is 11.9 Å². The number of unbranched alkanes of at least 4 members (excludes halogenated alkanes) is 7. The minimum atomic E-state index is -1.79. The van der Waals surface area contributed by atoms with Gasteiger partial charge in [-0.05, 0) is 43.3 Å². The highest BCUT2D eigenvalue weighted by Gasteiger charge is 2.83. The van der Waals surface area contributed by atoms with Crippen molar-refractivity contribution in [2.24, 2.45) is 29.1 Å². The van der Waals surface area contributed by atoms with Gasteiger partial charge in [0.15, 0.2) is 5.78 Å². The predicted molar refractivity (Wildman–Crippen MR) is 149 cm³/mol. The van der Waals surface area contributed by atoms with Crippen LogP contribution in [0.1, 0.15) is 105 Å². The number of rotatable bonds is 13. The number of aliphatic hydroxyl groups is 3. The minimum Gasteiger partial charge on any atom is -0.481 e. The fraction of sp³-hybridized carbons (Fsp3) is 0.781. The van der Waals surface area contributed by atoms with Crippen LogP contribution in [0.25, 0.3) is 0 Å². The molecule has 0 heterocycles. The van der Waals surface area contributed by atoms with Gasteiger partial charge in [0, 0.05) is 42.4 Å². The Hall–Kier alpha value is -2.03. The third kappa shape index (κ3) is 5.09. The number of carboxylic acid groups (broad SMARTS) is 1. The third-order valence-corrected chi connectivity index (χ3v) is 10.7. The number of ketones is 1. The second-order valence-electron chi connectivity index (χ2n) is 13.5. The number of Topliss-reactive ketones (excluding diaryl/α,β-unsaturated/α-hetero) is 1. The first kappa shape index (κ1) is 30.9. The third-order valence-electron chi connectivity index (χ3n) is 10.7. The first-order chi connectivity index (χ1) is 18.8. The molecule has 4 N–H and O–H groups in total. The van der Waals surface area contributed by atoms with Crippen LogP contribution in [-0.4, -0.2) is 61.6 Å². The second-order valence-corrected chi connectivity index (χ2v) is 13.5. The number of aliphatic hydroxyl groups excluding tert-OH is 1. The van der Waals surface area contributed by atoms with Crippen LogP contribution < -0.4 is 0 Å². The lowest BCUT2D eigenvalue weighted by Crippen LogP contribution is -2.61. The molecule has 40 heavy (non-hydrogen) atoms. The normalized spacial score (nSPS) is 37.4. The van der Waals surface area contributed by atoms with Crippen molar-refractivity contribution in [2.45, 2.75) is 122 Å². The maximum atomic E-state index is 13.1. The van der Waals surface area contributed by atoms with E-state index in [2.05, 4.69) is 13.8 Å². The lowest BCUT2D eigenvalue weighted by molar-refractivity contribution is -0.187. The van der Waals surface area contributed by atoms with Crippen molar-refractivity contribution in [3.63, 3.8) is 0 Å². The van der Waals surface area contributed by atoms with Gasteiger partial charge in [-0.15, -0.1) is 0 Å². The highest BCUT2D eigenvalue weighted by molar-refractivity contribution is 6.04. The topological polar surface area (TPSA) is 141 Å². The minimum absolute atomic E-state index is 0.0192. The van der Waals surface area contributed by atoms with Gasteiger partial charge in [0.25, 0.3) is 0 Å². The molecule has 0 saturated heterocycles. The Balaban J connectivity index is 1.38. The molecule has 0 spiro atoms. The molecule has 2 fully saturated rings. The van der Waals surface area contributed by atoms with Gasteiger partial charge in [-0.3, -0.25) is 14.4 Å². The van der Waals surface area contributed by atoms with Gasteiger partial charge in [0.2, 0.25) is 0 Å². The molecule has 224 valence electrons. The zero-order chi connectivity index (χ0) is 29.5. The van der Waals surface area contributed by atoms with Crippen LogP contribution in [-0.2, 0) is 19.1 Å². The maximum Gasteiger partial charge on any atom is 0.306 e. The Bertz CT molecular complexity index is 1070. The molecule has 7 atom stereocenters. The van der Waals surface area contributed by atoms with Crippen molar-refractivity contribution < 1.29 is 39.5 Å². The summed E-state index contributed by atoms with van der Waals surface area (Å²) in [6.45, 7) is 7.39. The van der Waals surface area contributed by atoms with E-state index in [0.29, 0.717) is 24.0 Å². The number of hydrogen-bond donors (Lipinski definition) is 4. The fourth-order valence-corrected chi connectivity index (χ4v) is 8.46. The number of ether oxygens (including phenoxy) is 1. The molecule has 0 aliphatic heterocycles. The van der Waals surface area contributed by atoms with Gasteiger partial charge in [0.1, 0.15) is 11.2 Å². The summed E-state index contributed by atoms with van der Waals surface area (Å²) in [4.78, 5) is 36.7. The predicted octanol–water partition coefficient (Wildman–Crippen LogP) is 4.50. The largest absolute Gasteiger partial charge is 0.481 e. The zero-order valence-corrected chi connectivity index (χ0v) is 24.6. The number of carbonyl (C=O) groups is 3. The van der Waals surface area contributed by atoms with Gasteiger partial charge in [-0.25, -0.2) is 0 Å². The summed E-state index contributed by atoms with van der Waals surface area (Å²) in [7, 11) is 0. The van der Waals surface area contributed by atoms with Crippen molar-refractivity contribution in [1.82, 2.24) is 0 Å². The molecule has 0 radical (unpaired) electrons. The molecule has 0 unspecified atom stereocenters. The number of carboxylic acids is 1. The van der Waals surface area contributed by atoms with Crippen LogP contribution >= 0.6 is 0 Å². The van der Waals surface area contributed by atoms with Crippen LogP contribution in [0.15, 0.2) is 23.3 Å². The molecule has 0 bridgehead atoms. The van der Waals surface area contributed by atoms with E-state index in [9.17, 15) is 29.7 Å². The van der Waals surface area contributed by atoms with Crippen molar-refractivity contribution >= 4 is 17.7 Å². The van der Waals surface area contributed by atoms with Crippen LogP contribution in [0.2, 0.25) is 0 Å². The van der Waals surface area contributed by atoms with Gasteiger partial charge in [-0.2, -0.15) is 0 Å². The van der Waals surface area contributed by atoms with Crippen molar-refractivity contribution in [3.8, 4) is 0 Å². The molecule has 0 aromatic carbocycles. The molecule has 0 amide bonds. The quantitative estimate of drug-likeness (QED) is 0.147. The first-order valence-electron chi connectivity index (χ1n) is 15.2. The molecule has 2 saturated carbocycles. The molecule has 0 aromatic rings. The summed E-state index contributed by atoms with van der Waals surface area (Å²) in [5.74, 6) is -3.20. The summed E-state index contributed by atoms with van der Waals surface area (Å²) in [6.07, 6.45) is 12.1. The average Bonchev–Trinajstić information content (AvgIpc) is 3.28. The van der Waals surface area contributed by atoms with Crippen LogP contribution in [0.5, 0.6) is 0 Å². The van der Waals surface area contributed by atoms with Crippen molar-refractivity contribution in [1.29, 1.82) is 0 Å². The molecule has 4 aliphatic carbocycles. The van der Waals surface area contributed by atoms with E-state index in [4.69, 9.17) is 9.84 Å². The van der Waals surface area contributed by atoms with Gasteiger partial charge in [0.05, 0.1) is 12.2 Å². The standard InChI is InChI=1S/C32H48O8/c1-20-15-24-30(38,28(20)37)18-22(19-33)16-23-27-29(3,4)31(27,17-21(2)32(23,24)39)40-26(36)14-12-10-8-6-5-7-9-11-13-25(34)35/h15-16,21,23-24,27,33,38-39H,5-14,17-19H2,1-4H3,(H,34,35)/t21-,23+,24-,27-,30-,31+,32-/m1/s1. The Morgan fingerprint density at radius 3 is 2.12 bits per heavy atom. The number of hydrogen-bond acceptors (Lipinski definition) is 7. The smallest absolute Gasteiger partial charge is 0.306 e. The van der Waals surface area contributed by atoms with Gasteiger partial charge in [-0.1, -0.05) is 71.4 Å². The number of esters is 1. The van der Waals surface area contributed by atoms with E-state index in [-0.39, 0.29) is 37.3 Å².